The molecule has 2 aliphatic heterocycles. The zero-order valence-corrected chi connectivity index (χ0v) is 18.1. The monoisotopic (exact) mass is 509 g/mol. The van der Waals surface area contributed by atoms with Crippen LogP contribution in [0.1, 0.15) is 6.23 Å². The second kappa shape index (κ2) is 9.65. The van der Waals surface area contributed by atoms with Gasteiger partial charge < -0.3 is 50.7 Å². The van der Waals surface area contributed by atoms with Gasteiger partial charge in [-0.3, -0.25) is 13.6 Å². The Kier molecular flexibility index (Phi) is 7.16. The standard InChI is InChI=1S/C16H24N5O12P/c17-13-7-14(19-3-18-13)21(4-20-7)15-11(26)9(24)6(31-15)2-30-34(28,29)33-16-12(27)10(25)8(23)5(1-22)32-16/h3-6,8-12,15-16,22-27H,1-2H2,(H,28,29)(H2,17,18,19)/t5-,6-,8+,9-,10+,11-,12-,15-,16+/m1/s1. The van der Waals surface area contributed by atoms with Gasteiger partial charge in [0.15, 0.2) is 24.0 Å². The average Bonchev–Trinajstić information content (AvgIpc) is 3.35. The first-order chi connectivity index (χ1) is 16.0. The smallest absolute Gasteiger partial charge is 0.394 e. The average molecular weight is 509 g/mol. The van der Waals surface area contributed by atoms with Gasteiger partial charge in [-0.2, -0.15) is 0 Å². The second-order valence-corrected chi connectivity index (χ2v) is 9.10. The van der Waals surface area contributed by atoms with Crippen LogP contribution in [0.15, 0.2) is 12.7 Å². The molecular weight excluding hydrogens is 485 g/mol. The van der Waals surface area contributed by atoms with E-state index < -0.39 is 76.3 Å². The number of aliphatic hydroxyl groups excluding tert-OH is 6. The van der Waals surface area contributed by atoms with Crippen LogP contribution in [0.5, 0.6) is 0 Å². The number of nitrogens with two attached hydrogens (primary N) is 1. The highest BCUT2D eigenvalue weighted by Crippen LogP contribution is 2.47. The molecule has 34 heavy (non-hydrogen) atoms. The van der Waals surface area contributed by atoms with Gasteiger partial charge in [-0.25, -0.2) is 19.5 Å². The highest BCUT2D eigenvalue weighted by atomic mass is 31.2. The van der Waals surface area contributed by atoms with Crippen molar-refractivity contribution >= 4 is 24.8 Å². The predicted octanol–water partition coefficient (Wildman–Crippen LogP) is -4.04. The van der Waals surface area contributed by atoms with Gasteiger partial charge in [0.25, 0.3) is 0 Å². The molecule has 0 bridgehead atoms. The van der Waals surface area contributed by atoms with Gasteiger partial charge in [-0.05, 0) is 0 Å². The molecule has 17 nitrogen and oxygen atoms in total. The van der Waals surface area contributed by atoms with E-state index in [1.54, 1.807) is 0 Å². The van der Waals surface area contributed by atoms with E-state index >= 15 is 0 Å². The van der Waals surface area contributed by atoms with E-state index in [0.29, 0.717) is 0 Å². The van der Waals surface area contributed by atoms with Crippen molar-refractivity contribution in [2.75, 3.05) is 18.9 Å². The van der Waals surface area contributed by atoms with Gasteiger partial charge in [0.2, 0.25) is 0 Å². The normalized spacial score (nSPS) is 38.3. The fourth-order valence-corrected chi connectivity index (χ4v) is 4.47. The molecule has 0 radical (unpaired) electrons. The largest absolute Gasteiger partial charge is 0.474 e. The van der Waals surface area contributed by atoms with E-state index in [0.717, 1.165) is 0 Å². The molecule has 2 aromatic heterocycles. The number of ether oxygens (including phenoxy) is 2. The quantitative estimate of drug-likeness (QED) is 0.165. The molecule has 10 atom stereocenters. The molecule has 0 aliphatic carbocycles. The summed E-state index contributed by atoms with van der Waals surface area (Å²) in [5.41, 5.74) is 6.18. The van der Waals surface area contributed by atoms with E-state index in [1.807, 2.05) is 0 Å². The van der Waals surface area contributed by atoms with Crippen molar-refractivity contribution in [3.63, 3.8) is 0 Å². The lowest BCUT2D eigenvalue weighted by Gasteiger charge is -2.39. The highest BCUT2D eigenvalue weighted by Gasteiger charge is 2.48. The van der Waals surface area contributed by atoms with E-state index in [1.165, 1.54) is 17.2 Å². The molecule has 4 heterocycles. The number of nitrogen functional groups attached to an aromatic ring is 1. The first kappa shape index (κ1) is 25.2. The maximum atomic E-state index is 12.3. The Morgan fingerprint density at radius 3 is 2.41 bits per heavy atom. The summed E-state index contributed by atoms with van der Waals surface area (Å²) in [6, 6.07) is 0. The van der Waals surface area contributed by atoms with Crippen LogP contribution in [0, 0.1) is 0 Å². The summed E-state index contributed by atoms with van der Waals surface area (Å²) in [4.78, 5) is 21.9. The lowest BCUT2D eigenvalue weighted by molar-refractivity contribution is -0.281. The fraction of sp³-hybridized carbons (Fsp3) is 0.688. The molecule has 190 valence electrons. The maximum absolute atomic E-state index is 12.3. The summed E-state index contributed by atoms with van der Waals surface area (Å²) >= 11 is 0. The van der Waals surface area contributed by atoms with Gasteiger partial charge >= 0.3 is 7.82 Å². The molecular formula is C16H24N5O12P. The van der Waals surface area contributed by atoms with Gasteiger partial charge in [0.1, 0.15) is 54.6 Å². The van der Waals surface area contributed by atoms with Crippen LogP contribution in [-0.2, 0) is 23.1 Å². The number of phosphoric ester groups is 1. The van der Waals surface area contributed by atoms with Crippen LogP contribution in [0.2, 0.25) is 0 Å². The van der Waals surface area contributed by atoms with Crippen molar-refractivity contribution in [2.24, 2.45) is 0 Å². The van der Waals surface area contributed by atoms with Crippen molar-refractivity contribution < 1.29 is 58.6 Å². The summed E-state index contributed by atoms with van der Waals surface area (Å²) in [6.45, 7) is -1.52. The number of nitrogens with zero attached hydrogens (tertiary/aromatic N) is 4. The predicted molar refractivity (Wildman–Crippen MR) is 106 cm³/mol. The lowest BCUT2D eigenvalue weighted by atomic mass is 10.00. The number of imidazole rings is 1. The van der Waals surface area contributed by atoms with E-state index in [-0.39, 0.29) is 17.0 Å². The molecule has 2 aromatic rings. The summed E-state index contributed by atoms with van der Waals surface area (Å²) < 4.78 is 33.7. The van der Waals surface area contributed by atoms with Gasteiger partial charge in [-0.1, -0.05) is 0 Å². The Morgan fingerprint density at radius 2 is 1.71 bits per heavy atom. The number of hydrogen-bond acceptors (Lipinski definition) is 15. The number of anilines is 1. The molecule has 0 aromatic carbocycles. The minimum absolute atomic E-state index is 0.0863. The van der Waals surface area contributed by atoms with Gasteiger partial charge in [0, 0.05) is 0 Å². The number of hydrogen-bond donors (Lipinski definition) is 8. The fourth-order valence-electron chi connectivity index (χ4n) is 3.64. The van der Waals surface area contributed by atoms with Crippen molar-refractivity contribution in [3.8, 4) is 0 Å². The van der Waals surface area contributed by atoms with Crippen LogP contribution in [0.4, 0.5) is 5.82 Å². The highest BCUT2D eigenvalue weighted by molar-refractivity contribution is 7.47. The summed E-state index contributed by atoms with van der Waals surface area (Å²) in [6.07, 6.45) is -11.9. The molecule has 4 rings (SSSR count). The molecule has 2 saturated heterocycles. The van der Waals surface area contributed by atoms with Crippen LogP contribution in [0.25, 0.3) is 11.2 Å². The van der Waals surface area contributed by atoms with Crippen LogP contribution < -0.4 is 5.73 Å². The molecule has 0 amide bonds. The number of rotatable bonds is 7. The minimum Gasteiger partial charge on any atom is -0.394 e. The Balaban J connectivity index is 1.41. The molecule has 9 N–H and O–H groups in total. The molecule has 0 spiro atoms. The van der Waals surface area contributed by atoms with Gasteiger partial charge in [-0.15, -0.1) is 0 Å². The van der Waals surface area contributed by atoms with E-state index in [9.17, 15) is 40.1 Å². The minimum atomic E-state index is -4.99. The third kappa shape index (κ3) is 4.66. The van der Waals surface area contributed by atoms with Crippen LogP contribution in [-0.4, -0.2) is 117 Å². The van der Waals surface area contributed by atoms with E-state index in [2.05, 4.69) is 15.0 Å². The van der Waals surface area contributed by atoms with Crippen LogP contribution >= 0.6 is 7.82 Å². The van der Waals surface area contributed by atoms with Crippen molar-refractivity contribution in [1.82, 2.24) is 19.5 Å². The maximum Gasteiger partial charge on any atom is 0.474 e. The first-order valence-corrected chi connectivity index (χ1v) is 11.4. The zero-order valence-electron chi connectivity index (χ0n) is 17.3. The first-order valence-electron chi connectivity index (χ1n) is 9.95. The Bertz CT molecular complexity index is 1060. The molecule has 1 unspecified atom stereocenters. The summed E-state index contributed by atoms with van der Waals surface area (Å²) in [5.74, 6) is 0.0863. The second-order valence-electron chi connectivity index (χ2n) is 7.70. The topological polar surface area (TPSA) is 265 Å². The van der Waals surface area contributed by atoms with Crippen molar-refractivity contribution in [3.05, 3.63) is 12.7 Å². The molecule has 2 aliphatic rings. The lowest BCUT2D eigenvalue weighted by Crippen LogP contribution is -2.58. The van der Waals surface area contributed by atoms with Crippen molar-refractivity contribution in [2.45, 2.75) is 55.2 Å². The van der Waals surface area contributed by atoms with E-state index in [4.69, 9.17) is 24.3 Å². The van der Waals surface area contributed by atoms with Gasteiger partial charge in [0.05, 0.1) is 19.5 Å². The summed E-state index contributed by atoms with van der Waals surface area (Å²) in [7, 11) is -4.99. The summed E-state index contributed by atoms with van der Waals surface area (Å²) in [5, 5.41) is 59.4. The Labute approximate surface area is 190 Å². The molecule has 2 fully saturated rings. The molecule has 0 saturated carbocycles. The van der Waals surface area contributed by atoms with Crippen LogP contribution in [0.3, 0.4) is 0 Å². The number of phosphoric acid groups is 1. The SMILES string of the molecule is Nc1ncnc2c1ncn2[C@@H]1O[C@H](COP(=O)(O)O[C@@H]2O[C@H](CO)[C@H](O)[C@H](O)[C@H]2O)[C@@H](O)[C@H]1O. The number of aromatic nitrogens is 4. The third-order valence-corrected chi connectivity index (χ3v) is 6.44. The molecule has 18 heteroatoms. The third-order valence-electron chi connectivity index (χ3n) is 5.49. The number of fused-ring (bicyclic) bond motifs is 1. The number of aliphatic hydroxyl groups is 6. The Hall–Kier alpha value is -1.86. The Morgan fingerprint density at radius 1 is 1.00 bits per heavy atom. The van der Waals surface area contributed by atoms with Crippen molar-refractivity contribution in [1.29, 1.82) is 0 Å². The zero-order chi connectivity index (χ0) is 24.8.